The van der Waals surface area contributed by atoms with Gasteiger partial charge in [-0.2, -0.15) is 0 Å². The van der Waals surface area contributed by atoms with Gasteiger partial charge in [0.2, 0.25) is 10.0 Å². The van der Waals surface area contributed by atoms with E-state index < -0.39 is 15.6 Å². The zero-order valence-electron chi connectivity index (χ0n) is 15.5. The quantitative estimate of drug-likeness (QED) is 0.704. The van der Waals surface area contributed by atoms with Crippen LogP contribution in [0.5, 0.6) is 5.75 Å². The molecule has 0 aromatic heterocycles. The first-order valence-electron chi connectivity index (χ1n) is 8.73. The molecule has 2 aromatic rings. The molecule has 0 heterocycles. The Hall–Kier alpha value is -1.89. The van der Waals surface area contributed by atoms with E-state index in [1.165, 1.54) is 0 Å². The summed E-state index contributed by atoms with van der Waals surface area (Å²) in [5, 5.41) is 10.6. The van der Waals surface area contributed by atoms with E-state index in [1.54, 1.807) is 32.0 Å². The van der Waals surface area contributed by atoms with Crippen molar-refractivity contribution in [3.8, 4) is 5.75 Å². The fourth-order valence-corrected chi connectivity index (χ4v) is 3.96. The predicted octanol–water partition coefficient (Wildman–Crippen LogP) is 3.06. The second-order valence-corrected chi connectivity index (χ2v) is 8.43. The van der Waals surface area contributed by atoms with E-state index in [0.717, 1.165) is 11.1 Å². The molecule has 0 aliphatic heterocycles. The van der Waals surface area contributed by atoms with E-state index in [9.17, 15) is 13.5 Å². The molecule has 0 amide bonds. The van der Waals surface area contributed by atoms with E-state index in [-0.39, 0.29) is 11.4 Å². The van der Waals surface area contributed by atoms with Crippen LogP contribution in [0.15, 0.2) is 53.4 Å². The number of aryl methyl sites for hydroxylation is 2. The van der Waals surface area contributed by atoms with Crippen LogP contribution in [0.4, 0.5) is 0 Å². The van der Waals surface area contributed by atoms with Gasteiger partial charge in [0.05, 0.1) is 12.2 Å². The Morgan fingerprint density at radius 3 is 2.50 bits per heavy atom. The summed E-state index contributed by atoms with van der Waals surface area (Å²) >= 11 is 0. The van der Waals surface area contributed by atoms with Crippen molar-refractivity contribution in [1.29, 1.82) is 0 Å². The van der Waals surface area contributed by atoms with E-state index in [4.69, 9.17) is 4.74 Å². The van der Waals surface area contributed by atoms with Crippen molar-refractivity contribution in [3.05, 3.63) is 59.7 Å². The summed E-state index contributed by atoms with van der Waals surface area (Å²) in [5.41, 5.74) is 0.774. The molecule has 0 fully saturated rings. The summed E-state index contributed by atoms with van der Waals surface area (Å²) < 4.78 is 33.4. The van der Waals surface area contributed by atoms with Crippen molar-refractivity contribution in [2.75, 3.05) is 13.2 Å². The maximum Gasteiger partial charge on any atom is 0.244 e. The highest BCUT2D eigenvalue weighted by Crippen LogP contribution is 2.25. The molecule has 0 unspecified atom stereocenters. The topological polar surface area (TPSA) is 75.6 Å². The van der Waals surface area contributed by atoms with Crippen LogP contribution >= 0.6 is 0 Å². The van der Waals surface area contributed by atoms with E-state index in [0.29, 0.717) is 25.2 Å². The molecular weight excluding hydrogens is 350 g/mol. The third kappa shape index (κ3) is 5.83. The number of hydrogen-bond donors (Lipinski definition) is 2. The third-order valence-corrected chi connectivity index (χ3v) is 5.55. The normalized spacial score (nSPS) is 14.0. The van der Waals surface area contributed by atoms with Gasteiger partial charge in [0, 0.05) is 6.54 Å². The van der Waals surface area contributed by atoms with Gasteiger partial charge in [0.1, 0.15) is 10.6 Å². The Morgan fingerprint density at radius 2 is 1.85 bits per heavy atom. The number of benzene rings is 2. The molecule has 142 valence electrons. The van der Waals surface area contributed by atoms with Gasteiger partial charge >= 0.3 is 0 Å². The first-order valence-corrected chi connectivity index (χ1v) is 10.2. The summed E-state index contributed by atoms with van der Waals surface area (Å²) in [7, 11) is -3.79. The molecule has 0 aliphatic rings. The first kappa shape index (κ1) is 20.4. The highest BCUT2D eigenvalue weighted by molar-refractivity contribution is 7.89. The fraction of sp³-hybridized carbons (Fsp3) is 0.400. The number of rotatable bonds is 9. The van der Waals surface area contributed by atoms with Crippen LogP contribution in [-0.2, 0) is 16.4 Å². The number of ether oxygens (including phenoxy) is 1. The monoisotopic (exact) mass is 377 g/mol. The Morgan fingerprint density at radius 1 is 1.15 bits per heavy atom. The summed E-state index contributed by atoms with van der Waals surface area (Å²) in [6, 6.07) is 14.8. The molecule has 0 spiro atoms. The Balaban J connectivity index is 2.06. The molecule has 0 radical (unpaired) electrons. The average Bonchev–Trinajstić information content (AvgIpc) is 2.61. The molecule has 6 heteroatoms. The van der Waals surface area contributed by atoms with Crippen LogP contribution < -0.4 is 9.46 Å². The van der Waals surface area contributed by atoms with Crippen molar-refractivity contribution in [3.63, 3.8) is 0 Å². The fourth-order valence-electron chi connectivity index (χ4n) is 2.57. The smallest absolute Gasteiger partial charge is 0.244 e. The molecule has 2 aromatic carbocycles. The summed E-state index contributed by atoms with van der Waals surface area (Å²) in [6.45, 7) is 5.57. The van der Waals surface area contributed by atoms with Crippen LogP contribution in [0.3, 0.4) is 0 Å². The van der Waals surface area contributed by atoms with Gasteiger partial charge in [0.15, 0.2) is 0 Å². The zero-order valence-corrected chi connectivity index (χ0v) is 16.3. The summed E-state index contributed by atoms with van der Waals surface area (Å²) in [6.07, 6.45) is 1.12. The third-order valence-electron chi connectivity index (χ3n) is 4.13. The van der Waals surface area contributed by atoms with E-state index >= 15 is 0 Å². The highest BCUT2D eigenvalue weighted by Gasteiger charge is 2.26. The van der Waals surface area contributed by atoms with Crippen LogP contribution in [0.1, 0.15) is 31.4 Å². The second kappa shape index (κ2) is 8.66. The number of hydrogen-bond acceptors (Lipinski definition) is 4. The highest BCUT2D eigenvalue weighted by atomic mass is 32.2. The molecule has 1 atom stereocenters. The largest absolute Gasteiger partial charge is 0.492 e. The molecule has 0 saturated carbocycles. The molecule has 0 aliphatic carbocycles. The lowest BCUT2D eigenvalue weighted by Crippen LogP contribution is -2.41. The van der Waals surface area contributed by atoms with Gasteiger partial charge in [-0.3, -0.25) is 0 Å². The minimum atomic E-state index is -3.79. The van der Waals surface area contributed by atoms with Gasteiger partial charge in [0.25, 0.3) is 0 Å². The van der Waals surface area contributed by atoms with E-state index in [1.807, 2.05) is 37.3 Å². The van der Waals surface area contributed by atoms with Gasteiger partial charge < -0.3 is 9.84 Å². The number of nitrogens with one attached hydrogen (secondary N) is 1. The Kier molecular flexibility index (Phi) is 6.81. The minimum Gasteiger partial charge on any atom is -0.492 e. The number of sulfonamides is 1. The SMILES string of the molecule is CCOc1ccc(C)cc1S(=O)(=O)NC[C@@](C)(O)CCc1ccccc1. The molecule has 26 heavy (non-hydrogen) atoms. The Labute approximate surface area is 156 Å². The van der Waals surface area contributed by atoms with Crippen molar-refractivity contribution < 1.29 is 18.3 Å². The molecule has 2 N–H and O–H groups in total. The van der Waals surface area contributed by atoms with Gasteiger partial charge in [-0.1, -0.05) is 36.4 Å². The van der Waals surface area contributed by atoms with Gasteiger partial charge in [-0.05, 0) is 56.9 Å². The lowest BCUT2D eigenvalue weighted by Gasteiger charge is -2.24. The summed E-state index contributed by atoms with van der Waals surface area (Å²) in [4.78, 5) is 0.0956. The van der Waals surface area contributed by atoms with Gasteiger partial charge in [-0.25, -0.2) is 13.1 Å². The van der Waals surface area contributed by atoms with Crippen LogP contribution in [-0.4, -0.2) is 32.3 Å². The maximum absolute atomic E-state index is 12.7. The van der Waals surface area contributed by atoms with Crippen molar-refractivity contribution >= 4 is 10.0 Å². The minimum absolute atomic E-state index is 0.0678. The molecule has 5 nitrogen and oxygen atoms in total. The van der Waals surface area contributed by atoms with Crippen molar-refractivity contribution in [1.82, 2.24) is 4.72 Å². The lowest BCUT2D eigenvalue weighted by molar-refractivity contribution is 0.0565. The van der Waals surface area contributed by atoms with Crippen molar-refractivity contribution in [2.45, 2.75) is 44.1 Å². The lowest BCUT2D eigenvalue weighted by atomic mass is 9.97. The first-order chi connectivity index (χ1) is 12.2. The average molecular weight is 378 g/mol. The van der Waals surface area contributed by atoms with Crippen molar-refractivity contribution in [2.24, 2.45) is 0 Å². The van der Waals surface area contributed by atoms with Crippen LogP contribution in [0.2, 0.25) is 0 Å². The summed E-state index contributed by atoms with van der Waals surface area (Å²) in [5.74, 6) is 0.314. The standard InChI is InChI=1S/C20H27NO4S/c1-4-25-18-11-10-16(2)14-19(18)26(23,24)21-15-20(3,22)13-12-17-8-6-5-7-9-17/h5-11,14,21-22H,4,12-13,15H2,1-3H3/t20-/m0/s1. The van der Waals surface area contributed by atoms with E-state index in [2.05, 4.69) is 4.72 Å². The molecule has 0 bridgehead atoms. The molecule has 2 rings (SSSR count). The molecular formula is C20H27NO4S. The second-order valence-electron chi connectivity index (χ2n) is 6.69. The number of aliphatic hydroxyl groups is 1. The zero-order chi connectivity index (χ0) is 19.2. The van der Waals surface area contributed by atoms with Crippen LogP contribution in [0, 0.1) is 6.92 Å². The Bertz CT molecular complexity index is 817. The predicted molar refractivity (Wildman–Crippen MR) is 103 cm³/mol. The van der Waals surface area contributed by atoms with Crippen LogP contribution in [0.25, 0.3) is 0 Å². The van der Waals surface area contributed by atoms with Gasteiger partial charge in [-0.15, -0.1) is 0 Å². The maximum atomic E-state index is 12.7. The molecule has 0 saturated heterocycles.